The summed E-state index contributed by atoms with van der Waals surface area (Å²) in [4.78, 5) is 0.944. The summed E-state index contributed by atoms with van der Waals surface area (Å²) in [6, 6.07) is 14.7. The fourth-order valence-corrected chi connectivity index (χ4v) is 2.34. The fourth-order valence-electron chi connectivity index (χ4n) is 2.08. The van der Waals surface area contributed by atoms with Crippen molar-refractivity contribution >= 4 is 33.7 Å². The summed E-state index contributed by atoms with van der Waals surface area (Å²) < 4.78 is 0. The number of hydrogen-bond acceptors (Lipinski definition) is 1. The number of benzene rings is 2. The van der Waals surface area contributed by atoms with E-state index in [0.717, 1.165) is 17.1 Å². The van der Waals surface area contributed by atoms with Crippen LogP contribution in [0.4, 0.5) is 5.69 Å². The van der Waals surface area contributed by atoms with E-state index >= 15 is 0 Å². The van der Waals surface area contributed by atoms with Crippen molar-refractivity contribution in [3.63, 3.8) is 0 Å². The first-order valence-corrected chi connectivity index (χ1v) is 6.99. The van der Waals surface area contributed by atoms with Crippen LogP contribution >= 0.6 is 12.2 Å². The van der Waals surface area contributed by atoms with Gasteiger partial charge < -0.3 is 5.32 Å². The monoisotopic (exact) mass is 257 g/mol. The van der Waals surface area contributed by atoms with E-state index in [1.807, 2.05) is 0 Å². The molecule has 0 atom stereocenters. The number of anilines is 1. The molecule has 0 amide bonds. The van der Waals surface area contributed by atoms with Crippen LogP contribution in [0.5, 0.6) is 0 Å². The minimum Gasteiger partial charge on any atom is -0.350 e. The standard InChI is InChI=1S/C16H19NS/c1-2-3-4-12-16(18)17-15-11-7-9-13-8-5-6-10-14(13)15/h5-11H,2-4,12H2,1H3,(H,17,18). The highest BCUT2D eigenvalue weighted by Gasteiger charge is 2.02. The summed E-state index contributed by atoms with van der Waals surface area (Å²) in [5.74, 6) is 0. The molecule has 0 aliphatic rings. The second kappa shape index (κ2) is 6.50. The van der Waals surface area contributed by atoms with Gasteiger partial charge >= 0.3 is 0 Å². The van der Waals surface area contributed by atoms with Crippen molar-refractivity contribution in [1.82, 2.24) is 0 Å². The number of thiocarbonyl (C=S) groups is 1. The Kier molecular flexibility index (Phi) is 4.71. The van der Waals surface area contributed by atoms with Crippen molar-refractivity contribution in [2.75, 3.05) is 5.32 Å². The van der Waals surface area contributed by atoms with E-state index < -0.39 is 0 Å². The molecule has 0 aliphatic carbocycles. The SMILES string of the molecule is CCCCCC(=S)Nc1cccc2ccccc12. The summed E-state index contributed by atoms with van der Waals surface area (Å²) >= 11 is 5.40. The Labute approximate surface area is 114 Å². The van der Waals surface area contributed by atoms with Crippen molar-refractivity contribution in [1.29, 1.82) is 0 Å². The van der Waals surface area contributed by atoms with Crippen molar-refractivity contribution < 1.29 is 0 Å². The van der Waals surface area contributed by atoms with Crippen LogP contribution in [0.2, 0.25) is 0 Å². The van der Waals surface area contributed by atoms with Crippen molar-refractivity contribution in [2.45, 2.75) is 32.6 Å². The quantitative estimate of drug-likeness (QED) is 0.586. The van der Waals surface area contributed by atoms with E-state index in [1.165, 1.54) is 30.0 Å². The smallest absolute Gasteiger partial charge is 0.0797 e. The molecule has 0 fully saturated rings. The molecule has 0 bridgehead atoms. The molecule has 0 spiro atoms. The van der Waals surface area contributed by atoms with Gasteiger partial charge in [0.15, 0.2) is 0 Å². The van der Waals surface area contributed by atoms with Gasteiger partial charge in [-0.25, -0.2) is 0 Å². The predicted octanol–water partition coefficient (Wildman–Crippen LogP) is 5.16. The van der Waals surface area contributed by atoms with Crippen LogP contribution in [-0.2, 0) is 0 Å². The third-order valence-electron chi connectivity index (χ3n) is 3.07. The summed E-state index contributed by atoms with van der Waals surface area (Å²) in [6.07, 6.45) is 4.63. The highest BCUT2D eigenvalue weighted by Crippen LogP contribution is 2.23. The summed E-state index contributed by atoms with van der Waals surface area (Å²) in [5.41, 5.74) is 1.12. The lowest BCUT2D eigenvalue weighted by atomic mass is 10.1. The van der Waals surface area contributed by atoms with Gasteiger partial charge in [-0.3, -0.25) is 0 Å². The molecule has 0 aliphatic heterocycles. The van der Waals surface area contributed by atoms with Crippen LogP contribution < -0.4 is 5.32 Å². The van der Waals surface area contributed by atoms with Crippen LogP contribution in [0.25, 0.3) is 10.8 Å². The van der Waals surface area contributed by atoms with Gasteiger partial charge in [-0.1, -0.05) is 68.4 Å². The maximum atomic E-state index is 5.40. The predicted molar refractivity (Wildman–Crippen MR) is 84.3 cm³/mol. The second-order valence-corrected chi connectivity index (χ2v) is 5.02. The normalized spacial score (nSPS) is 10.5. The van der Waals surface area contributed by atoms with Crippen LogP contribution in [0.15, 0.2) is 42.5 Å². The van der Waals surface area contributed by atoms with E-state index in [2.05, 4.69) is 54.7 Å². The van der Waals surface area contributed by atoms with E-state index in [4.69, 9.17) is 12.2 Å². The van der Waals surface area contributed by atoms with Crippen LogP contribution in [-0.4, -0.2) is 4.99 Å². The molecule has 1 nitrogen and oxygen atoms in total. The Hall–Kier alpha value is -1.41. The summed E-state index contributed by atoms with van der Waals surface area (Å²) in [5, 5.41) is 5.86. The van der Waals surface area contributed by atoms with E-state index in [-0.39, 0.29) is 0 Å². The van der Waals surface area contributed by atoms with Crippen LogP contribution in [0.1, 0.15) is 32.6 Å². The van der Waals surface area contributed by atoms with Crippen molar-refractivity contribution in [2.24, 2.45) is 0 Å². The second-order valence-electron chi connectivity index (χ2n) is 4.53. The zero-order chi connectivity index (χ0) is 12.8. The molecule has 0 saturated carbocycles. The molecule has 2 rings (SSSR count). The Bertz CT molecular complexity index is 528. The molecule has 0 saturated heterocycles. The number of rotatable bonds is 5. The molecular weight excluding hydrogens is 238 g/mol. The first-order chi connectivity index (χ1) is 8.81. The molecule has 18 heavy (non-hydrogen) atoms. The molecular formula is C16H19NS. The van der Waals surface area contributed by atoms with Gasteiger partial charge in [0.2, 0.25) is 0 Å². The van der Waals surface area contributed by atoms with Gasteiger partial charge in [-0.05, 0) is 24.3 Å². The summed E-state index contributed by atoms with van der Waals surface area (Å²) in [6.45, 7) is 2.21. The van der Waals surface area contributed by atoms with E-state index in [1.54, 1.807) is 0 Å². The Morgan fingerprint density at radius 1 is 1.06 bits per heavy atom. The molecule has 2 heteroatoms. The van der Waals surface area contributed by atoms with Gasteiger partial charge in [0, 0.05) is 11.1 Å². The average molecular weight is 257 g/mol. The minimum atomic E-state index is 0.944. The highest BCUT2D eigenvalue weighted by molar-refractivity contribution is 7.80. The Morgan fingerprint density at radius 3 is 2.67 bits per heavy atom. The zero-order valence-electron chi connectivity index (χ0n) is 10.8. The van der Waals surface area contributed by atoms with Crippen LogP contribution in [0, 0.1) is 0 Å². The first kappa shape index (κ1) is 13.0. The molecule has 94 valence electrons. The number of hydrogen-bond donors (Lipinski definition) is 1. The molecule has 2 aromatic rings. The zero-order valence-corrected chi connectivity index (χ0v) is 11.6. The number of nitrogens with one attached hydrogen (secondary N) is 1. The molecule has 0 heterocycles. The molecule has 2 aromatic carbocycles. The van der Waals surface area contributed by atoms with E-state index in [9.17, 15) is 0 Å². The van der Waals surface area contributed by atoms with Crippen LogP contribution in [0.3, 0.4) is 0 Å². The molecule has 0 aromatic heterocycles. The third kappa shape index (κ3) is 3.30. The lowest BCUT2D eigenvalue weighted by Crippen LogP contribution is -2.08. The lowest BCUT2D eigenvalue weighted by molar-refractivity contribution is 0.744. The third-order valence-corrected chi connectivity index (χ3v) is 3.38. The van der Waals surface area contributed by atoms with Gasteiger partial charge in [-0.2, -0.15) is 0 Å². The highest BCUT2D eigenvalue weighted by atomic mass is 32.1. The lowest BCUT2D eigenvalue weighted by Gasteiger charge is -2.10. The molecule has 1 N–H and O–H groups in total. The largest absolute Gasteiger partial charge is 0.350 e. The number of fused-ring (bicyclic) bond motifs is 1. The number of unbranched alkanes of at least 4 members (excludes halogenated alkanes) is 2. The van der Waals surface area contributed by atoms with Gasteiger partial charge in [-0.15, -0.1) is 0 Å². The fraction of sp³-hybridized carbons (Fsp3) is 0.312. The van der Waals surface area contributed by atoms with Gasteiger partial charge in [0.05, 0.1) is 4.99 Å². The Balaban J connectivity index is 2.09. The topological polar surface area (TPSA) is 12.0 Å². The van der Waals surface area contributed by atoms with Crippen molar-refractivity contribution in [3.05, 3.63) is 42.5 Å². The Morgan fingerprint density at radius 2 is 1.83 bits per heavy atom. The maximum absolute atomic E-state index is 5.40. The van der Waals surface area contributed by atoms with Crippen molar-refractivity contribution in [3.8, 4) is 0 Å². The minimum absolute atomic E-state index is 0.944. The molecule has 0 radical (unpaired) electrons. The first-order valence-electron chi connectivity index (χ1n) is 6.59. The summed E-state index contributed by atoms with van der Waals surface area (Å²) in [7, 11) is 0. The molecule has 0 unspecified atom stereocenters. The van der Waals surface area contributed by atoms with E-state index in [0.29, 0.717) is 0 Å². The average Bonchev–Trinajstić information content (AvgIpc) is 2.39. The maximum Gasteiger partial charge on any atom is 0.0797 e. The van der Waals surface area contributed by atoms with Gasteiger partial charge in [0.25, 0.3) is 0 Å². The van der Waals surface area contributed by atoms with Gasteiger partial charge in [0.1, 0.15) is 0 Å².